The van der Waals surface area contributed by atoms with E-state index in [1.165, 1.54) is 0 Å². The first-order valence-corrected chi connectivity index (χ1v) is 6.55. The van der Waals surface area contributed by atoms with Gasteiger partial charge in [-0.25, -0.2) is 0 Å². The summed E-state index contributed by atoms with van der Waals surface area (Å²) in [5.74, 6) is 0. The van der Waals surface area contributed by atoms with Crippen LogP contribution in [-0.2, 0) is 6.42 Å². The Balaban J connectivity index is 2.90. The standard InChI is InChI=1S/C14H19Cl2NO/c1-4-7-17(3)14(2,10-18)9-11-5-6-12(15)13(16)8-11/h4-6,8,18H,1,7,9-10H2,2-3H3/t14-/m0/s1. The Kier molecular flexibility index (Phi) is 5.67. The van der Waals surface area contributed by atoms with Gasteiger partial charge >= 0.3 is 0 Å². The third-order valence-corrected chi connectivity index (χ3v) is 3.97. The van der Waals surface area contributed by atoms with Gasteiger partial charge in [0, 0.05) is 12.1 Å². The van der Waals surface area contributed by atoms with Gasteiger partial charge < -0.3 is 5.11 Å². The van der Waals surface area contributed by atoms with Crippen molar-refractivity contribution in [3.8, 4) is 0 Å². The number of hydrogen-bond acceptors (Lipinski definition) is 2. The summed E-state index contributed by atoms with van der Waals surface area (Å²) in [5.41, 5.74) is 0.711. The van der Waals surface area contributed by atoms with E-state index in [0.717, 1.165) is 12.1 Å². The zero-order valence-corrected chi connectivity index (χ0v) is 12.3. The molecule has 2 nitrogen and oxygen atoms in total. The number of likely N-dealkylation sites (N-methyl/N-ethyl adjacent to an activating group) is 1. The lowest BCUT2D eigenvalue weighted by atomic mass is 9.92. The molecule has 18 heavy (non-hydrogen) atoms. The summed E-state index contributed by atoms with van der Waals surface area (Å²) in [6, 6.07) is 5.56. The van der Waals surface area contributed by atoms with Gasteiger partial charge in [-0.15, -0.1) is 6.58 Å². The second kappa shape index (κ2) is 6.58. The number of aliphatic hydroxyl groups excluding tert-OH is 1. The van der Waals surface area contributed by atoms with Crippen LogP contribution in [0.2, 0.25) is 10.0 Å². The lowest BCUT2D eigenvalue weighted by Gasteiger charge is -2.37. The lowest BCUT2D eigenvalue weighted by Crippen LogP contribution is -2.48. The molecule has 0 radical (unpaired) electrons. The van der Waals surface area contributed by atoms with Crippen molar-refractivity contribution in [2.75, 3.05) is 20.2 Å². The quantitative estimate of drug-likeness (QED) is 0.811. The Morgan fingerprint density at radius 2 is 2.06 bits per heavy atom. The number of halogens is 2. The summed E-state index contributed by atoms with van der Waals surface area (Å²) in [5, 5.41) is 10.7. The fourth-order valence-electron chi connectivity index (χ4n) is 1.81. The van der Waals surface area contributed by atoms with Crippen LogP contribution in [0.5, 0.6) is 0 Å². The molecule has 0 aliphatic carbocycles. The van der Waals surface area contributed by atoms with Gasteiger partial charge in [-0.05, 0) is 38.1 Å². The Bertz CT molecular complexity index is 422. The molecular weight excluding hydrogens is 269 g/mol. The van der Waals surface area contributed by atoms with Crippen LogP contribution in [0.1, 0.15) is 12.5 Å². The molecule has 1 aromatic carbocycles. The molecule has 0 bridgehead atoms. The zero-order valence-electron chi connectivity index (χ0n) is 10.8. The summed E-state index contributed by atoms with van der Waals surface area (Å²) < 4.78 is 0. The van der Waals surface area contributed by atoms with Crippen molar-refractivity contribution < 1.29 is 5.11 Å². The number of nitrogens with zero attached hydrogens (tertiary/aromatic N) is 1. The van der Waals surface area contributed by atoms with Crippen molar-refractivity contribution in [3.63, 3.8) is 0 Å². The molecule has 1 N–H and O–H groups in total. The van der Waals surface area contributed by atoms with Gasteiger partial charge in [0.1, 0.15) is 0 Å². The molecule has 0 aliphatic rings. The van der Waals surface area contributed by atoms with Crippen LogP contribution in [0.15, 0.2) is 30.9 Å². The highest BCUT2D eigenvalue weighted by Gasteiger charge is 2.28. The van der Waals surface area contributed by atoms with E-state index in [1.807, 2.05) is 32.2 Å². The van der Waals surface area contributed by atoms with Gasteiger partial charge in [-0.3, -0.25) is 4.90 Å². The second-order valence-corrected chi connectivity index (χ2v) is 5.56. The maximum absolute atomic E-state index is 9.63. The molecule has 0 aliphatic heterocycles. The van der Waals surface area contributed by atoms with E-state index in [2.05, 4.69) is 11.5 Å². The molecule has 0 saturated carbocycles. The van der Waals surface area contributed by atoms with Gasteiger partial charge in [0.2, 0.25) is 0 Å². The molecule has 0 aromatic heterocycles. The minimum Gasteiger partial charge on any atom is -0.394 e. The molecule has 0 fully saturated rings. The fraction of sp³-hybridized carbons (Fsp3) is 0.429. The molecular formula is C14H19Cl2NO. The summed E-state index contributed by atoms with van der Waals surface area (Å²) in [4.78, 5) is 2.07. The summed E-state index contributed by atoms with van der Waals surface area (Å²) in [7, 11) is 1.97. The van der Waals surface area contributed by atoms with E-state index in [4.69, 9.17) is 23.2 Å². The smallest absolute Gasteiger partial charge is 0.0616 e. The maximum atomic E-state index is 9.63. The van der Waals surface area contributed by atoms with E-state index >= 15 is 0 Å². The highest BCUT2D eigenvalue weighted by atomic mass is 35.5. The average molecular weight is 288 g/mol. The second-order valence-electron chi connectivity index (χ2n) is 4.75. The van der Waals surface area contributed by atoms with Crippen molar-refractivity contribution in [1.82, 2.24) is 4.90 Å². The van der Waals surface area contributed by atoms with Gasteiger partial charge in [0.25, 0.3) is 0 Å². The molecule has 100 valence electrons. The first-order valence-electron chi connectivity index (χ1n) is 5.80. The number of rotatable bonds is 6. The third-order valence-electron chi connectivity index (χ3n) is 3.23. The average Bonchev–Trinajstić information content (AvgIpc) is 2.34. The van der Waals surface area contributed by atoms with Crippen LogP contribution in [0.25, 0.3) is 0 Å². The molecule has 1 atom stereocenters. The van der Waals surface area contributed by atoms with Gasteiger partial charge in [0.05, 0.1) is 16.7 Å². The summed E-state index contributed by atoms with van der Waals surface area (Å²) >= 11 is 11.9. The van der Waals surface area contributed by atoms with Crippen LogP contribution in [0.3, 0.4) is 0 Å². The van der Waals surface area contributed by atoms with E-state index in [9.17, 15) is 5.11 Å². The minimum absolute atomic E-state index is 0.0670. The SMILES string of the molecule is C=CCN(C)[C@](C)(CO)Cc1ccc(Cl)c(Cl)c1. The number of benzene rings is 1. The Labute approximate surface area is 119 Å². The monoisotopic (exact) mass is 287 g/mol. The van der Waals surface area contributed by atoms with E-state index in [-0.39, 0.29) is 12.1 Å². The van der Waals surface area contributed by atoms with Crippen molar-refractivity contribution >= 4 is 23.2 Å². The van der Waals surface area contributed by atoms with Crippen LogP contribution >= 0.6 is 23.2 Å². The molecule has 1 rings (SSSR count). The molecule has 1 aromatic rings. The first-order chi connectivity index (χ1) is 8.42. The Morgan fingerprint density at radius 1 is 1.39 bits per heavy atom. The van der Waals surface area contributed by atoms with Crippen LogP contribution in [0.4, 0.5) is 0 Å². The molecule has 0 amide bonds. The summed E-state index contributed by atoms with van der Waals surface area (Å²) in [6.07, 6.45) is 2.52. The minimum atomic E-state index is -0.342. The largest absolute Gasteiger partial charge is 0.394 e. The van der Waals surface area contributed by atoms with E-state index < -0.39 is 0 Å². The molecule has 0 saturated heterocycles. The molecule has 4 heteroatoms. The fourth-order valence-corrected chi connectivity index (χ4v) is 2.14. The van der Waals surface area contributed by atoms with E-state index in [0.29, 0.717) is 16.5 Å². The normalized spacial score (nSPS) is 14.6. The Hall–Kier alpha value is -0.540. The predicted molar refractivity (Wildman–Crippen MR) is 78.5 cm³/mol. The Morgan fingerprint density at radius 3 is 2.56 bits per heavy atom. The van der Waals surface area contributed by atoms with Crippen molar-refractivity contribution in [1.29, 1.82) is 0 Å². The lowest BCUT2D eigenvalue weighted by molar-refractivity contribution is 0.0730. The van der Waals surface area contributed by atoms with Crippen molar-refractivity contribution in [3.05, 3.63) is 46.5 Å². The summed E-state index contributed by atoms with van der Waals surface area (Å²) in [6.45, 7) is 6.52. The zero-order chi connectivity index (χ0) is 13.8. The maximum Gasteiger partial charge on any atom is 0.0616 e. The van der Waals surface area contributed by atoms with Crippen LogP contribution < -0.4 is 0 Å². The van der Waals surface area contributed by atoms with Gasteiger partial charge in [-0.2, -0.15) is 0 Å². The van der Waals surface area contributed by atoms with Crippen LogP contribution in [-0.4, -0.2) is 35.7 Å². The van der Waals surface area contributed by atoms with Crippen LogP contribution in [0, 0.1) is 0 Å². The third kappa shape index (κ3) is 3.72. The molecule has 0 heterocycles. The highest BCUT2D eigenvalue weighted by molar-refractivity contribution is 6.42. The number of aliphatic hydroxyl groups is 1. The number of hydrogen-bond donors (Lipinski definition) is 1. The van der Waals surface area contributed by atoms with Gasteiger partial charge in [-0.1, -0.05) is 35.3 Å². The van der Waals surface area contributed by atoms with E-state index in [1.54, 1.807) is 6.07 Å². The predicted octanol–water partition coefficient (Wildman–Crippen LogP) is 3.40. The first kappa shape index (κ1) is 15.5. The molecule has 0 spiro atoms. The van der Waals surface area contributed by atoms with Crippen molar-refractivity contribution in [2.45, 2.75) is 18.9 Å². The van der Waals surface area contributed by atoms with Gasteiger partial charge in [0.15, 0.2) is 0 Å². The molecule has 0 unspecified atom stereocenters. The topological polar surface area (TPSA) is 23.5 Å². The highest BCUT2D eigenvalue weighted by Crippen LogP contribution is 2.26. The van der Waals surface area contributed by atoms with Crippen molar-refractivity contribution in [2.24, 2.45) is 0 Å².